The van der Waals surface area contributed by atoms with Gasteiger partial charge in [0.1, 0.15) is 18.1 Å². The molecule has 0 saturated heterocycles. The molecule has 144 valence electrons. The van der Waals surface area contributed by atoms with Gasteiger partial charge in [-0.2, -0.15) is 10.1 Å². The molecule has 0 bridgehead atoms. The van der Waals surface area contributed by atoms with E-state index in [1.54, 1.807) is 17.7 Å². The summed E-state index contributed by atoms with van der Waals surface area (Å²) in [6.45, 7) is 4.08. The van der Waals surface area contributed by atoms with Crippen molar-refractivity contribution in [3.05, 3.63) is 59.6 Å². The Hall–Kier alpha value is -3.35. The molecule has 0 aliphatic carbocycles. The molecule has 2 N–H and O–H groups in total. The molecule has 1 atom stereocenters. The number of ether oxygens (including phenoxy) is 1. The zero-order chi connectivity index (χ0) is 19.7. The quantitative estimate of drug-likeness (QED) is 0.657. The second kappa shape index (κ2) is 7.34. The number of hydrogen-bond donors (Lipinski definition) is 2. The van der Waals surface area contributed by atoms with Crippen molar-refractivity contribution in [3.8, 4) is 5.75 Å². The fourth-order valence-electron chi connectivity index (χ4n) is 3.75. The SMILES string of the molecule is CCCC1=C(C(=O)OCC)[C@H](c2c(O)ccc3ccccc23)n2ncnc2N1. The molecule has 0 fully saturated rings. The molecule has 7 nitrogen and oxygen atoms in total. The number of esters is 1. The van der Waals surface area contributed by atoms with E-state index in [4.69, 9.17) is 4.74 Å². The molecule has 2 heterocycles. The lowest BCUT2D eigenvalue weighted by Gasteiger charge is -2.30. The summed E-state index contributed by atoms with van der Waals surface area (Å²) in [7, 11) is 0. The first-order chi connectivity index (χ1) is 13.7. The Kier molecular flexibility index (Phi) is 4.73. The molecule has 0 spiro atoms. The van der Waals surface area contributed by atoms with E-state index in [0.717, 1.165) is 22.9 Å². The van der Waals surface area contributed by atoms with Crippen LogP contribution < -0.4 is 5.32 Å². The maximum absolute atomic E-state index is 13.0. The highest BCUT2D eigenvalue weighted by Crippen LogP contribution is 2.43. The maximum atomic E-state index is 13.0. The van der Waals surface area contributed by atoms with Crippen molar-refractivity contribution in [2.45, 2.75) is 32.7 Å². The van der Waals surface area contributed by atoms with Crippen molar-refractivity contribution < 1.29 is 14.6 Å². The average Bonchev–Trinajstić information content (AvgIpc) is 3.16. The van der Waals surface area contributed by atoms with Crippen molar-refractivity contribution in [3.63, 3.8) is 0 Å². The van der Waals surface area contributed by atoms with Gasteiger partial charge in [0.25, 0.3) is 0 Å². The summed E-state index contributed by atoms with van der Waals surface area (Å²) >= 11 is 0. The molecule has 0 amide bonds. The summed E-state index contributed by atoms with van der Waals surface area (Å²) in [5.41, 5.74) is 1.81. The molecule has 4 rings (SSSR count). The van der Waals surface area contributed by atoms with E-state index >= 15 is 0 Å². The number of phenols is 1. The van der Waals surface area contributed by atoms with E-state index in [1.807, 2.05) is 37.3 Å². The van der Waals surface area contributed by atoms with Gasteiger partial charge < -0.3 is 15.2 Å². The number of allylic oxidation sites excluding steroid dienone is 1. The Morgan fingerprint density at radius 3 is 2.86 bits per heavy atom. The molecule has 7 heteroatoms. The van der Waals surface area contributed by atoms with Crippen LogP contribution >= 0.6 is 0 Å². The van der Waals surface area contributed by atoms with Crippen molar-refractivity contribution in [2.75, 3.05) is 11.9 Å². The van der Waals surface area contributed by atoms with Crippen molar-refractivity contribution in [1.29, 1.82) is 0 Å². The third-order valence-electron chi connectivity index (χ3n) is 4.90. The third kappa shape index (κ3) is 2.89. The molecule has 1 aliphatic heterocycles. The van der Waals surface area contributed by atoms with Crippen molar-refractivity contribution in [2.24, 2.45) is 0 Å². The van der Waals surface area contributed by atoms with E-state index in [2.05, 4.69) is 15.4 Å². The zero-order valence-electron chi connectivity index (χ0n) is 15.8. The topological polar surface area (TPSA) is 89.3 Å². The van der Waals surface area contributed by atoms with Gasteiger partial charge in [-0.25, -0.2) is 9.48 Å². The second-order valence-corrected chi connectivity index (χ2v) is 6.64. The van der Waals surface area contributed by atoms with Gasteiger partial charge in [-0.05, 0) is 30.2 Å². The number of carbonyl (C=O) groups is 1. The minimum Gasteiger partial charge on any atom is -0.508 e. The van der Waals surface area contributed by atoms with Gasteiger partial charge >= 0.3 is 5.97 Å². The van der Waals surface area contributed by atoms with Crippen LogP contribution in [0.3, 0.4) is 0 Å². The van der Waals surface area contributed by atoms with Gasteiger partial charge in [0.2, 0.25) is 5.95 Å². The van der Waals surface area contributed by atoms with Gasteiger partial charge in [-0.15, -0.1) is 0 Å². The van der Waals surface area contributed by atoms with E-state index < -0.39 is 12.0 Å². The average molecular weight is 378 g/mol. The summed E-state index contributed by atoms with van der Waals surface area (Å²) < 4.78 is 7.01. The summed E-state index contributed by atoms with van der Waals surface area (Å²) in [5, 5.41) is 20.2. The highest BCUT2D eigenvalue weighted by Gasteiger charge is 2.37. The molecule has 2 aromatic carbocycles. The molecular formula is C21H22N4O3. The molecule has 0 saturated carbocycles. The molecule has 0 radical (unpaired) electrons. The van der Waals surface area contributed by atoms with Crippen LogP contribution in [0, 0.1) is 0 Å². The number of anilines is 1. The number of carbonyl (C=O) groups excluding carboxylic acids is 1. The summed E-state index contributed by atoms with van der Waals surface area (Å²) in [6, 6.07) is 10.6. The number of phenolic OH excluding ortho intramolecular Hbond substituents is 1. The van der Waals surface area contributed by atoms with Gasteiger partial charge in [-0.1, -0.05) is 43.7 Å². The standard InChI is InChI=1S/C21H22N4O3/c1-3-7-15-18(20(27)28-4-2)19(25-21(24-15)22-12-23-25)17-14-9-6-5-8-13(14)10-11-16(17)26/h5-6,8-12,19,26H,3-4,7H2,1-2H3,(H,22,23,24)/t19-/m0/s1. The first-order valence-electron chi connectivity index (χ1n) is 9.43. The third-order valence-corrected chi connectivity index (χ3v) is 4.90. The minimum atomic E-state index is -0.634. The van der Waals surface area contributed by atoms with E-state index in [-0.39, 0.29) is 12.4 Å². The van der Waals surface area contributed by atoms with E-state index in [9.17, 15) is 9.90 Å². The number of benzene rings is 2. The Morgan fingerprint density at radius 2 is 2.07 bits per heavy atom. The number of rotatable bonds is 5. The Bertz CT molecular complexity index is 1070. The van der Waals surface area contributed by atoms with Crippen LogP contribution in [0.5, 0.6) is 5.75 Å². The highest BCUT2D eigenvalue weighted by molar-refractivity contribution is 5.96. The highest BCUT2D eigenvalue weighted by atomic mass is 16.5. The maximum Gasteiger partial charge on any atom is 0.338 e. The number of hydrogen-bond acceptors (Lipinski definition) is 6. The summed E-state index contributed by atoms with van der Waals surface area (Å²) in [6.07, 6.45) is 2.94. The van der Waals surface area contributed by atoms with Crippen LogP contribution in [-0.4, -0.2) is 32.4 Å². The van der Waals surface area contributed by atoms with Crippen LogP contribution in [0.25, 0.3) is 10.8 Å². The largest absolute Gasteiger partial charge is 0.508 e. The van der Waals surface area contributed by atoms with Crippen LogP contribution in [-0.2, 0) is 9.53 Å². The predicted molar refractivity (Wildman–Crippen MR) is 106 cm³/mol. The Balaban J connectivity index is 2.02. The smallest absolute Gasteiger partial charge is 0.338 e. The molecular weight excluding hydrogens is 356 g/mol. The molecule has 0 unspecified atom stereocenters. The van der Waals surface area contributed by atoms with E-state index in [1.165, 1.54) is 6.33 Å². The monoisotopic (exact) mass is 378 g/mol. The lowest BCUT2D eigenvalue weighted by molar-refractivity contribution is -0.139. The Labute approximate surface area is 162 Å². The molecule has 1 aliphatic rings. The normalized spacial score (nSPS) is 16.0. The minimum absolute atomic E-state index is 0.102. The number of nitrogens with one attached hydrogen (secondary N) is 1. The second-order valence-electron chi connectivity index (χ2n) is 6.64. The zero-order valence-corrected chi connectivity index (χ0v) is 15.8. The van der Waals surface area contributed by atoms with Crippen molar-refractivity contribution in [1.82, 2.24) is 14.8 Å². The van der Waals surface area contributed by atoms with Crippen LogP contribution in [0.4, 0.5) is 5.95 Å². The molecule has 3 aromatic rings. The predicted octanol–water partition coefficient (Wildman–Crippen LogP) is 3.77. The van der Waals surface area contributed by atoms with Crippen LogP contribution in [0.15, 0.2) is 54.0 Å². The Morgan fingerprint density at radius 1 is 1.25 bits per heavy atom. The summed E-state index contributed by atoms with van der Waals surface area (Å²) in [5.74, 6) is 0.218. The fraction of sp³-hybridized carbons (Fsp3) is 0.286. The number of nitrogens with zero attached hydrogens (tertiary/aromatic N) is 3. The first-order valence-corrected chi connectivity index (χ1v) is 9.43. The number of aromatic nitrogens is 3. The summed E-state index contributed by atoms with van der Waals surface area (Å²) in [4.78, 5) is 17.3. The number of aromatic hydroxyl groups is 1. The van der Waals surface area contributed by atoms with Gasteiger partial charge in [0, 0.05) is 11.3 Å². The molecule has 28 heavy (non-hydrogen) atoms. The fourth-order valence-corrected chi connectivity index (χ4v) is 3.75. The van der Waals surface area contributed by atoms with Crippen LogP contribution in [0.2, 0.25) is 0 Å². The lowest BCUT2D eigenvalue weighted by atomic mass is 9.90. The van der Waals surface area contributed by atoms with Gasteiger partial charge in [0.05, 0.1) is 12.2 Å². The van der Waals surface area contributed by atoms with Crippen molar-refractivity contribution >= 4 is 22.7 Å². The van der Waals surface area contributed by atoms with E-state index in [0.29, 0.717) is 23.5 Å². The lowest BCUT2D eigenvalue weighted by Crippen LogP contribution is -2.30. The van der Waals surface area contributed by atoms with Gasteiger partial charge in [0.15, 0.2) is 0 Å². The molecule has 1 aromatic heterocycles. The van der Waals surface area contributed by atoms with Gasteiger partial charge in [-0.3, -0.25) is 0 Å². The van der Waals surface area contributed by atoms with Crippen LogP contribution in [0.1, 0.15) is 38.3 Å². The first kappa shape index (κ1) is 18.0. The number of fused-ring (bicyclic) bond motifs is 2.